The molecule has 1 amide bonds. The molecule has 18 nitrogen and oxygen atoms in total. The number of nitrogens with one attached hydrogen (secondary N) is 1. The van der Waals surface area contributed by atoms with Gasteiger partial charge in [0.1, 0.15) is 28.9 Å². The second-order valence-corrected chi connectivity index (χ2v) is 20.0. The van der Waals surface area contributed by atoms with Crippen LogP contribution in [0.25, 0.3) is 44.7 Å². The second-order valence-electron chi connectivity index (χ2n) is 19.1. The maximum atomic E-state index is 16.5. The minimum atomic E-state index is -0.933. The second kappa shape index (κ2) is 19.0. The molecule has 2 aliphatic rings. The molecule has 72 heavy (non-hydrogen) atoms. The zero-order chi connectivity index (χ0) is 50.9. The maximum Gasteiger partial charge on any atom is 0.355 e. The Bertz CT molecular complexity index is 3470. The molecule has 0 spiro atoms. The maximum absolute atomic E-state index is 16.5. The molecule has 0 radical (unpaired) electrons. The predicted octanol–water partition coefficient (Wildman–Crippen LogP) is 7.00. The van der Waals surface area contributed by atoms with Crippen molar-refractivity contribution in [2.24, 2.45) is 0 Å². The lowest BCUT2D eigenvalue weighted by atomic mass is 10.0. The summed E-state index contributed by atoms with van der Waals surface area (Å²) in [7, 11) is 2.09. The van der Waals surface area contributed by atoms with E-state index < -0.39 is 40.4 Å². The monoisotopic (exact) mass is 1040 g/mol. The van der Waals surface area contributed by atoms with Gasteiger partial charge >= 0.3 is 5.69 Å². The summed E-state index contributed by atoms with van der Waals surface area (Å²) < 4.78 is 35.5. The summed E-state index contributed by atoms with van der Waals surface area (Å²) in [5, 5.41) is 15.6. The van der Waals surface area contributed by atoms with Crippen LogP contribution in [0.2, 0.25) is 0 Å². The summed E-state index contributed by atoms with van der Waals surface area (Å²) in [6.07, 6.45) is 3.32. The fourth-order valence-corrected chi connectivity index (χ4v) is 10.0. The van der Waals surface area contributed by atoms with Crippen LogP contribution in [0, 0.1) is 32.4 Å². The number of benzene rings is 2. The Morgan fingerprint density at radius 1 is 0.944 bits per heavy atom. The average molecular weight is 1040 g/mol. The van der Waals surface area contributed by atoms with Crippen LogP contribution >= 0.6 is 15.9 Å². The van der Waals surface area contributed by atoms with E-state index in [0.717, 1.165) is 54.4 Å². The molecule has 372 valence electrons. The van der Waals surface area contributed by atoms with Gasteiger partial charge in [0.25, 0.3) is 5.91 Å². The Hall–Kier alpha value is -7.39. The Labute approximate surface area is 421 Å². The number of carbonyl (C=O) groups is 1. The van der Waals surface area contributed by atoms with Gasteiger partial charge < -0.3 is 34.6 Å². The van der Waals surface area contributed by atoms with Gasteiger partial charge in [0.2, 0.25) is 11.9 Å². The molecule has 8 aromatic rings. The van der Waals surface area contributed by atoms with Crippen molar-refractivity contribution in [3.05, 3.63) is 122 Å². The number of aromatic hydroxyl groups is 1. The van der Waals surface area contributed by atoms with Crippen LogP contribution in [0.15, 0.2) is 76.3 Å². The lowest BCUT2D eigenvalue weighted by molar-refractivity contribution is -0.127. The van der Waals surface area contributed by atoms with E-state index >= 15 is 8.78 Å². The molecule has 2 fully saturated rings. The van der Waals surface area contributed by atoms with E-state index in [1.165, 1.54) is 22.8 Å². The number of imidazole rings is 1. The van der Waals surface area contributed by atoms with Crippen molar-refractivity contribution < 1.29 is 18.7 Å². The highest BCUT2D eigenvalue weighted by Gasteiger charge is 2.34. The third-order valence-corrected chi connectivity index (χ3v) is 14.2. The van der Waals surface area contributed by atoms with Crippen LogP contribution in [0.1, 0.15) is 54.9 Å². The number of fused-ring (bicyclic) bond motifs is 3. The molecule has 0 bridgehead atoms. The third kappa shape index (κ3) is 8.77. The Kier molecular flexibility index (Phi) is 12.7. The van der Waals surface area contributed by atoms with Crippen molar-refractivity contribution in [2.45, 2.75) is 60.0 Å². The van der Waals surface area contributed by atoms with E-state index in [2.05, 4.69) is 84.3 Å². The van der Waals surface area contributed by atoms with Gasteiger partial charge in [0.05, 0.1) is 57.1 Å². The summed E-state index contributed by atoms with van der Waals surface area (Å²) in [6, 6.07) is 10.2. The number of halogens is 3. The van der Waals surface area contributed by atoms with Gasteiger partial charge in [-0.25, -0.2) is 28.1 Å². The number of hydrogen-bond donors (Lipinski definition) is 2. The van der Waals surface area contributed by atoms with Crippen molar-refractivity contribution in [3.8, 4) is 22.7 Å². The predicted molar refractivity (Wildman–Crippen MR) is 276 cm³/mol. The number of pyridine rings is 2. The molecule has 6 aromatic heterocycles. The number of aryl methyl sites for hydroxylation is 3. The van der Waals surface area contributed by atoms with Crippen LogP contribution in [-0.4, -0.2) is 135 Å². The zero-order valence-corrected chi connectivity index (χ0v) is 42.7. The summed E-state index contributed by atoms with van der Waals surface area (Å²) >= 11 is 3.65. The normalized spacial score (nSPS) is 15.7. The van der Waals surface area contributed by atoms with E-state index in [1.807, 2.05) is 43.6 Å². The van der Waals surface area contributed by atoms with E-state index in [-0.39, 0.29) is 67.0 Å². The van der Waals surface area contributed by atoms with E-state index in [1.54, 1.807) is 27.9 Å². The molecule has 0 aliphatic carbocycles. The first-order chi connectivity index (χ1) is 34.4. The van der Waals surface area contributed by atoms with E-state index in [9.17, 15) is 14.7 Å². The first-order valence-electron chi connectivity index (χ1n) is 23.8. The lowest BCUT2D eigenvalue weighted by Gasteiger charge is -2.41. The summed E-state index contributed by atoms with van der Waals surface area (Å²) in [6.45, 7) is 20.1. The van der Waals surface area contributed by atoms with Crippen molar-refractivity contribution in [1.82, 2.24) is 58.9 Å². The summed E-state index contributed by atoms with van der Waals surface area (Å²) in [5.74, 6) is -0.991. The summed E-state index contributed by atoms with van der Waals surface area (Å²) in [4.78, 5) is 71.4. The molecular formula is C51H54BrF2N15O3. The minimum absolute atomic E-state index is 0.00484. The van der Waals surface area contributed by atoms with Gasteiger partial charge in [-0.1, -0.05) is 26.5 Å². The number of H-pyrrole nitrogens is 1. The van der Waals surface area contributed by atoms with Crippen molar-refractivity contribution in [2.75, 3.05) is 74.1 Å². The van der Waals surface area contributed by atoms with Gasteiger partial charge in [-0.15, -0.1) is 0 Å². The Balaban J connectivity index is 0.986. The van der Waals surface area contributed by atoms with Crippen molar-refractivity contribution >= 4 is 67.3 Å². The van der Waals surface area contributed by atoms with E-state index in [4.69, 9.17) is 15.0 Å². The number of likely N-dealkylation sites (N-methyl/N-ethyl adjacent to an activating group) is 1. The highest BCUT2D eigenvalue weighted by Crippen LogP contribution is 2.37. The van der Waals surface area contributed by atoms with Gasteiger partial charge in [0, 0.05) is 63.6 Å². The largest absolute Gasteiger partial charge is 0.507 e. The van der Waals surface area contributed by atoms with Gasteiger partial charge in [-0.05, 0) is 110 Å². The molecule has 1 atom stereocenters. The van der Waals surface area contributed by atoms with Gasteiger partial charge in [0.15, 0.2) is 17.1 Å². The van der Waals surface area contributed by atoms with Crippen LogP contribution in [0.4, 0.5) is 26.5 Å². The van der Waals surface area contributed by atoms with Crippen LogP contribution in [-0.2, 0) is 11.3 Å². The number of phenolic OH excluding ortho intramolecular Hbond substituents is 1. The lowest BCUT2D eigenvalue weighted by Crippen LogP contribution is -2.55. The summed E-state index contributed by atoms with van der Waals surface area (Å²) in [5.41, 5.74) is 4.85. The number of anilines is 3. The smallest absolute Gasteiger partial charge is 0.355 e. The number of hydrogen-bond acceptors (Lipinski definition) is 14. The van der Waals surface area contributed by atoms with Crippen molar-refractivity contribution in [1.29, 1.82) is 0 Å². The molecule has 2 aromatic carbocycles. The fraction of sp³-hybridized carbons (Fsp3) is 0.353. The van der Waals surface area contributed by atoms with Crippen molar-refractivity contribution in [3.63, 3.8) is 0 Å². The number of phenols is 1. The molecule has 2 aliphatic heterocycles. The minimum Gasteiger partial charge on any atom is -0.507 e. The topological polar surface area (TPSA) is 186 Å². The fourth-order valence-electron chi connectivity index (χ4n) is 9.67. The zero-order valence-electron chi connectivity index (χ0n) is 41.1. The molecule has 10 rings (SSSR count). The number of carbonyl (C=O) groups excluding carboxylic acids is 1. The first kappa shape index (κ1) is 48.2. The highest BCUT2D eigenvalue weighted by molar-refractivity contribution is 9.10. The number of amides is 1. The first-order valence-corrected chi connectivity index (χ1v) is 24.6. The molecular weight excluding hydrogens is 989 g/mol. The molecule has 0 saturated carbocycles. The van der Waals surface area contributed by atoms with Crippen LogP contribution < -0.4 is 20.4 Å². The molecule has 8 heterocycles. The number of aromatic nitrogens is 10. The van der Waals surface area contributed by atoms with Crippen LogP contribution in [0.3, 0.4) is 0 Å². The number of rotatable bonds is 11. The van der Waals surface area contributed by atoms with Crippen LogP contribution in [0.5, 0.6) is 5.75 Å². The molecule has 21 heteroatoms. The average Bonchev–Trinajstić information content (AvgIpc) is 3.92. The molecule has 0 unspecified atom stereocenters. The molecule has 2 N–H and O–H groups in total. The third-order valence-electron chi connectivity index (χ3n) is 13.7. The quantitative estimate of drug-likeness (QED) is 0.126. The standard InChI is InChI=1S/C51H54BrF2N15O3/c1-27(2)42-44(28(3)12-13-55-42)68-46-33(22-36(54)43(59-46)41-35(53)10-9-11-39(41)70)45(61-51(68)72)67-19-18-65(25-32(67)7)48(71)31(6)24-66(26-40-57-37-20-29(4)30(5)21-38(37)58-40)50-62-49(64-16-14-63(8)15-17-64)60-47-34(52)23-56-69(47)50/h9-13,20-23,27,32,70H,6,14-19,24-26H2,1-5,7-8H3,(H,57,58)/t32-/m0/s1. The highest BCUT2D eigenvalue weighted by atomic mass is 79.9. The SMILES string of the molecule is C=C(CN(Cc1nc2cc(C)c(C)cc2[nH]1)c1nc(N2CCN(C)CC2)nc2c(Br)cnn12)C(=O)N1CCN(c2nc(=O)n(-c3c(C)ccnc3C(C)C)c3nc(-c4c(O)cccc4F)c(F)cc23)[C@@H](C)C1. The number of aromatic amines is 1. The number of nitrogens with zero attached hydrogens (tertiary/aromatic N) is 14. The number of piperazine rings is 2. The van der Waals surface area contributed by atoms with Gasteiger partial charge in [-0.3, -0.25) is 9.78 Å². The van der Waals surface area contributed by atoms with Gasteiger partial charge in [-0.2, -0.15) is 24.6 Å². The Morgan fingerprint density at radius 2 is 1.71 bits per heavy atom. The van der Waals surface area contributed by atoms with E-state index in [0.29, 0.717) is 44.8 Å². The Morgan fingerprint density at radius 3 is 2.44 bits per heavy atom. The molecule has 2 saturated heterocycles.